The number of para-hydroxylation sites is 1. The van der Waals surface area contributed by atoms with E-state index in [-0.39, 0.29) is 0 Å². The van der Waals surface area contributed by atoms with Crippen LogP contribution in [0.15, 0.2) is 54.6 Å². The summed E-state index contributed by atoms with van der Waals surface area (Å²) in [6.45, 7) is 2.11. The molecule has 0 bridgehead atoms. The lowest BCUT2D eigenvalue weighted by molar-refractivity contribution is 0.415. The van der Waals surface area contributed by atoms with Crippen molar-refractivity contribution >= 4 is 23.6 Å². The highest BCUT2D eigenvalue weighted by Gasteiger charge is 2.13. The number of ether oxygens (including phenoxy) is 1. The molecule has 1 aromatic heterocycles. The van der Waals surface area contributed by atoms with E-state index in [1.54, 1.807) is 18.4 Å². The summed E-state index contributed by atoms with van der Waals surface area (Å²) in [7, 11) is 1.68. The Balaban J connectivity index is 2.20. The lowest BCUT2D eigenvalue weighted by atomic mass is 10.1. The molecule has 0 N–H and O–H groups in total. The smallest absolute Gasteiger partial charge is 0.166 e. The molecule has 0 unspecified atom stereocenters. The summed E-state index contributed by atoms with van der Waals surface area (Å²) in [5.41, 5.74) is 3.39. The summed E-state index contributed by atoms with van der Waals surface area (Å²) in [6.07, 6.45) is 0. The number of benzene rings is 2. The molecule has 21 heavy (non-hydrogen) atoms. The van der Waals surface area contributed by atoms with E-state index in [1.165, 1.54) is 4.88 Å². The van der Waals surface area contributed by atoms with Gasteiger partial charge in [0.1, 0.15) is 5.75 Å². The molecule has 0 saturated heterocycles. The summed E-state index contributed by atoms with van der Waals surface area (Å²) in [5.74, 6) is 0.858. The molecule has 0 amide bonds. The van der Waals surface area contributed by atoms with Crippen LogP contribution in [0.2, 0.25) is 0 Å². The Morgan fingerprint density at radius 3 is 2.29 bits per heavy atom. The van der Waals surface area contributed by atoms with Crippen LogP contribution >= 0.6 is 23.6 Å². The van der Waals surface area contributed by atoms with Gasteiger partial charge in [0.25, 0.3) is 0 Å². The minimum absolute atomic E-state index is 0.858. The van der Waals surface area contributed by atoms with Crippen molar-refractivity contribution in [1.29, 1.82) is 0 Å². The van der Waals surface area contributed by atoms with Gasteiger partial charge in [-0.3, -0.25) is 4.57 Å². The van der Waals surface area contributed by atoms with Crippen LogP contribution in [-0.4, -0.2) is 11.7 Å². The molecule has 0 atom stereocenters. The number of nitrogens with zero attached hydrogens (tertiary/aromatic N) is 1. The van der Waals surface area contributed by atoms with Gasteiger partial charge in [0, 0.05) is 10.6 Å². The van der Waals surface area contributed by atoms with Crippen molar-refractivity contribution < 1.29 is 4.74 Å². The van der Waals surface area contributed by atoms with E-state index in [0.29, 0.717) is 0 Å². The molecule has 0 fully saturated rings. The van der Waals surface area contributed by atoms with Gasteiger partial charge in [-0.05, 0) is 61.1 Å². The molecule has 1 heterocycles. The van der Waals surface area contributed by atoms with Gasteiger partial charge < -0.3 is 4.74 Å². The summed E-state index contributed by atoms with van der Waals surface area (Å²) in [5, 5.41) is 0. The third-order valence-electron chi connectivity index (χ3n) is 3.36. The molecule has 0 aliphatic rings. The minimum Gasteiger partial charge on any atom is -0.497 e. The van der Waals surface area contributed by atoms with Crippen molar-refractivity contribution in [3.05, 3.63) is 63.4 Å². The molecule has 0 saturated carbocycles. The first-order chi connectivity index (χ1) is 10.2. The van der Waals surface area contributed by atoms with Crippen molar-refractivity contribution in [3.63, 3.8) is 0 Å². The van der Waals surface area contributed by atoms with Crippen LogP contribution in [0.4, 0.5) is 0 Å². The number of rotatable bonds is 3. The van der Waals surface area contributed by atoms with E-state index >= 15 is 0 Å². The normalized spacial score (nSPS) is 10.6. The molecule has 4 heteroatoms. The summed E-state index contributed by atoms with van der Waals surface area (Å²) >= 11 is 7.19. The van der Waals surface area contributed by atoms with Crippen molar-refractivity contribution in [3.8, 4) is 22.7 Å². The first-order valence-electron chi connectivity index (χ1n) is 6.63. The zero-order valence-electron chi connectivity index (χ0n) is 11.9. The van der Waals surface area contributed by atoms with Crippen molar-refractivity contribution in [2.24, 2.45) is 0 Å². The van der Waals surface area contributed by atoms with Gasteiger partial charge >= 0.3 is 0 Å². The third kappa shape index (κ3) is 2.64. The first kappa shape index (κ1) is 14.0. The Morgan fingerprint density at radius 2 is 1.67 bits per heavy atom. The molecule has 3 rings (SSSR count). The monoisotopic (exact) mass is 313 g/mol. The zero-order chi connectivity index (χ0) is 14.8. The lowest BCUT2D eigenvalue weighted by Gasteiger charge is -2.10. The van der Waals surface area contributed by atoms with Crippen molar-refractivity contribution in [2.45, 2.75) is 6.92 Å². The van der Waals surface area contributed by atoms with Crippen LogP contribution in [0.5, 0.6) is 5.75 Å². The second-order valence-corrected chi connectivity index (χ2v) is 6.52. The fraction of sp³-hybridized carbons (Fsp3) is 0.118. The fourth-order valence-electron chi connectivity index (χ4n) is 2.37. The Hall–Kier alpha value is -1.91. The van der Waals surface area contributed by atoms with Crippen molar-refractivity contribution in [1.82, 2.24) is 4.57 Å². The van der Waals surface area contributed by atoms with Crippen LogP contribution < -0.4 is 4.74 Å². The van der Waals surface area contributed by atoms with Crippen LogP contribution in [0, 0.1) is 10.9 Å². The van der Waals surface area contributed by atoms with Crippen LogP contribution in [0.3, 0.4) is 0 Å². The van der Waals surface area contributed by atoms with E-state index in [9.17, 15) is 0 Å². The van der Waals surface area contributed by atoms with Gasteiger partial charge in [0.05, 0.1) is 12.8 Å². The molecule has 0 aliphatic heterocycles. The van der Waals surface area contributed by atoms with E-state index < -0.39 is 0 Å². The Kier molecular flexibility index (Phi) is 3.90. The number of aromatic nitrogens is 1. The molecule has 2 aromatic carbocycles. The van der Waals surface area contributed by atoms with E-state index in [1.807, 2.05) is 30.3 Å². The second kappa shape index (κ2) is 5.84. The quantitative estimate of drug-likeness (QED) is 0.613. The number of methoxy groups -OCH3 is 1. The predicted octanol–water partition coefficient (Wildman–Crippen LogP) is 5.25. The SMILES string of the molecule is COc1ccc(-c2c(C)sc(=S)n2-c2ccccc2)cc1. The highest BCUT2D eigenvalue weighted by molar-refractivity contribution is 7.73. The molecule has 3 aromatic rings. The third-order valence-corrected chi connectivity index (χ3v) is 4.65. The predicted molar refractivity (Wildman–Crippen MR) is 91.2 cm³/mol. The Morgan fingerprint density at radius 1 is 1.00 bits per heavy atom. The maximum Gasteiger partial charge on any atom is 0.166 e. The molecule has 0 spiro atoms. The number of aryl methyl sites for hydroxylation is 1. The first-order valence-corrected chi connectivity index (χ1v) is 7.85. The average molecular weight is 313 g/mol. The molecule has 2 nitrogen and oxygen atoms in total. The minimum atomic E-state index is 0.858. The van der Waals surface area contributed by atoms with Crippen LogP contribution in [0.25, 0.3) is 16.9 Å². The Bertz CT molecular complexity index is 801. The molecule has 106 valence electrons. The Labute approximate surface area is 133 Å². The largest absolute Gasteiger partial charge is 0.497 e. The molecular weight excluding hydrogens is 298 g/mol. The van der Waals surface area contributed by atoms with Crippen LogP contribution in [0.1, 0.15) is 4.88 Å². The summed E-state index contributed by atoms with van der Waals surface area (Å²) < 4.78 is 8.23. The van der Waals surface area contributed by atoms with Crippen LogP contribution in [-0.2, 0) is 0 Å². The number of thiazole rings is 1. The topological polar surface area (TPSA) is 14.2 Å². The lowest BCUT2D eigenvalue weighted by Crippen LogP contribution is -1.97. The van der Waals surface area contributed by atoms with Gasteiger partial charge in [-0.25, -0.2) is 0 Å². The maximum atomic E-state index is 5.55. The van der Waals surface area contributed by atoms with E-state index in [4.69, 9.17) is 17.0 Å². The van der Waals surface area contributed by atoms with E-state index in [0.717, 1.165) is 26.6 Å². The highest BCUT2D eigenvalue weighted by atomic mass is 32.1. The second-order valence-electron chi connectivity index (χ2n) is 4.67. The standard InChI is InChI=1S/C17H15NOS2/c1-12-16(13-8-10-15(19-2)11-9-13)18(17(20)21-12)14-6-4-3-5-7-14/h3-11H,1-2H3. The molecular formula is C17H15NOS2. The average Bonchev–Trinajstić information content (AvgIpc) is 2.82. The van der Waals surface area contributed by atoms with Gasteiger partial charge in [0.2, 0.25) is 0 Å². The number of hydrogen-bond acceptors (Lipinski definition) is 3. The maximum absolute atomic E-state index is 5.55. The van der Waals surface area contributed by atoms with E-state index in [2.05, 4.69) is 35.8 Å². The fourth-order valence-corrected chi connectivity index (χ4v) is 3.79. The van der Waals surface area contributed by atoms with Crippen molar-refractivity contribution in [2.75, 3.05) is 7.11 Å². The van der Waals surface area contributed by atoms with Gasteiger partial charge in [-0.2, -0.15) is 0 Å². The summed E-state index contributed by atoms with van der Waals surface area (Å²) in [6, 6.07) is 18.3. The molecule has 0 aliphatic carbocycles. The number of hydrogen-bond donors (Lipinski definition) is 0. The molecule has 0 radical (unpaired) electrons. The zero-order valence-corrected chi connectivity index (χ0v) is 13.5. The summed E-state index contributed by atoms with van der Waals surface area (Å²) in [4.78, 5) is 1.22. The van der Waals surface area contributed by atoms with Gasteiger partial charge in [0.15, 0.2) is 3.95 Å². The highest BCUT2D eigenvalue weighted by Crippen LogP contribution is 2.32. The van der Waals surface area contributed by atoms with Gasteiger partial charge in [-0.15, -0.1) is 11.3 Å². The van der Waals surface area contributed by atoms with Gasteiger partial charge in [-0.1, -0.05) is 18.2 Å².